The first-order chi connectivity index (χ1) is 12.7. The number of alkyl halides is 3. The van der Waals surface area contributed by atoms with E-state index in [-0.39, 0.29) is 11.5 Å². The van der Waals surface area contributed by atoms with Crippen LogP contribution in [-0.2, 0) is 12.6 Å². The number of nitrogens with zero attached hydrogens (tertiary/aromatic N) is 1. The Hall–Kier alpha value is -2.44. The molecule has 1 aliphatic rings. The van der Waals surface area contributed by atoms with Gasteiger partial charge in [0.1, 0.15) is 11.6 Å². The third kappa shape index (κ3) is 4.84. The van der Waals surface area contributed by atoms with Gasteiger partial charge >= 0.3 is 6.18 Å². The second-order valence-corrected chi connectivity index (χ2v) is 6.79. The average Bonchev–Trinajstić information content (AvgIpc) is 2.61. The van der Waals surface area contributed by atoms with E-state index in [0.717, 1.165) is 29.8 Å². The number of amides is 1. The van der Waals surface area contributed by atoms with Gasteiger partial charge in [0, 0.05) is 24.7 Å². The summed E-state index contributed by atoms with van der Waals surface area (Å²) in [5, 5.41) is 0. The van der Waals surface area contributed by atoms with Crippen molar-refractivity contribution in [1.82, 2.24) is 4.90 Å². The highest BCUT2D eigenvalue weighted by molar-refractivity contribution is 5.94. The molecule has 0 N–H and O–H groups in total. The van der Waals surface area contributed by atoms with Gasteiger partial charge in [-0.05, 0) is 55.0 Å². The van der Waals surface area contributed by atoms with Gasteiger partial charge in [-0.2, -0.15) is 13.2 Å². The maximum atomic E-state index is 13.3. The summed E-state index contributed by atoms with van der Waals surface area (Å²) < 4.78 is 64.4. The van der Waals surface area contributed by atoms with Crippen LogP contribution in [0.3, 0.4) is 0 Å². The zero-order valence-electron chi connectivity index (χ0n) is 14.4. The predicted octanol–water partition coefficient (Wildman–Crippen LogP) is 5.08. The Morgan fingerprint density at radius 2 is 1.52 bits per heavy atom. The number of rotatable bonds is 3. The third-order valence-electron chi connectivity index (χ3n) is 4.82. The topological polar surface area (TPSA) is 20.3 Å². The lowest BCUT2D eigenvalue weighted by Gasteiger charge is -2.32. The fourth-order valence-corrected chi connectivity index (χ4v) is 3.36. The van der Waals surface area contributed by atoms with Crippen LogP contribution in [0.15, 0.2) is 42.5 Å². The van der Waals surface area contributed by atoms with Crippen molar-refractivity contribution in [3.8, 4) is 0 Å². The fourth-order valence-electron chi connectivity index (χ4n) is 3.36. The Labute approximate surface area is 153 Å². The second-order valence-electron chi connectivity index (χ2n) is 6.79. The zero-order chi connectivity index (χ0) is 19.6. The van der Waals surface area contributed by atoms with E-state index < -0.39 is 29.3 Å². The standard InChI is InChI=1S/C20H18F5NO/c21-17-10-15(11-18(22)12-17)19(27)26-7-5-14(6-8-26)9-13-1-3-16(4-2-13)20(23,24)25/h1-4,10-12,14H,5-9H2. The lowest BCUT2D eigenvalue weighted by atomic mass is 9.89. The van der Waals surface area contributed by atoms with Crippen LogP contribution in [0.4, 0.5) is 22.0 Å². The minimum atomic E-state index is -4.35. The first-order valence-electron chi connectivity index (χ1n) is 8.64. The van der Waals surface area contributed by atoms with E-state index >= 15 is 0 Å². The normalized spacial score (nSPS) is 15.8. The van der Waals surface area contributed by atoms with Crippen LogP contribution in [0.1, 0.15) is 34.3 Å². The van der Waals surface area contributed by atoms with Crippen molar-refractivity contribution < 1.29 is 26.7 Å². The first kappa shape index (κ1) is 19.3. The Morgan fingerprint density at radius 1 is 0.963 bits per heavy atom. The number of benzene rings is 2. The summed E-state index contributed by atoms with van der Waals surface area (Å²) in [5.74, 6) is -1.76. The van der Waals surface area contributed by atoms with Crippen LogP contribution in [-0.4, -0.2) is 23.9 Å². The highest BCUT2D eigenvalue weighted by Crippen LogP contribution is 2.30. The van der Waals surface area contributed by atoms with Gasteiger partial charge in [-0.15, -0.1) is 0 Å². The SMILES string of the molecule is O=C(c1cc(F)cc(F)c1)N1CCC(Cc2ccc(C(F)(F)F)cc2)CC1. The minimum Gasteiger partial charge on any atom is -0.339 e. The van der Waals surface area contributed by atoms with E-state index in [4.69, 9.17) is 0 Å². The molecule has 0 aliphatic carbocycles. The Kier molecular flexibility index (Phi) is 5.48. The van der Waals surface area contributed by atoms with Gasteiger partial charge in [-0.25, -0.2) is 8.78 Å². The molecule has 0 spiro atoms. The van der Waals surface area contributed by atoms with Crippen molar-refractivity contribution in [3.05, 3.63) is 70.8 Å². The molecular formula is C20H18F5NO. The van der Waals surface area contributed by atoms with E-state index in [0.29, 0.717) is 38.4 Å². The molecule has 7 heteroatoms. The summed E-state index contributed by atoms with van der Waals surface area (Å²) in [7, 11) is 0. The molecule has 3 rings (SSSR count). The van der Waals surface area contributed by atoms with Crippen molar-refractivity contribution in [3.63, 3.8) is 0 Å². The molecule has 2 aromatic rings. The largest absolute Gasteiger partial charge is 0.416 e. The summed E-state index contributed by atoms with van der Waals surface area (Å²) in [6.07, 6.45) is -2.34. The molecule has 0 atom stereocenters. The number of piperidine rings is 1. The van der Waals surface area contributed by atoms with Crippen molar-refractivity contribution in [2.75, 3.05) is 13.1 Å². The minimum absolute atomic E-state index is 0.0197. The first-order valence-corrected chi connectivity index (χ1v) is 8.64. The highest BCUT2D eigenvalue weighted by Gasteiger charge is 2.30. The molecule has 2 nitrogen and oxygen atoms in total. The van der Waals surface area contributed by atoms with Gasteiger partial charge in [0.15, 0.2) is 0 Å². The highest BCUT2D eigenvalue weighted by atomic mass is 19.4. The monoisotopic (exact) mass is 383 g/mol. The van der Waals surface area contributed by atoms with Crippen LogP contribution in [0.25, 0.3) is 0 Å². The van der Waals surface area contributed by atoms with Crippen molar-refractivity contribution >= 4 is 5.91 Å². The van der Waals surface area contributed by atoms with Crippen LogP contribution in [0.5, 0.6) is 0 Å². The second kappa shape index (κ2) is 7.66. The van der Waals surface area contributed by atoms with Gasteiger partial charge in [-0.1, -0.05) is 12.1 Å². The van der Waals surface area contributed by atoms with E-state index in [2.05, 4.69) is 0 Å². The van der Waals surface area contributed by atoms with E-state index in [9.17, 15) is 26.7 Å². The number of likely N-dealkylation sites (tertiary alicyclic amines) is 1. The molecule has 1 amide bonds. The summed E-state index contributed by atoms with van der Waals surface area (Å²) >= 11 is 0. The molecule has 1 heterocycles. The molecule has 27 heavy (non-hydrogen) atoms. The lowest BCUT2D eigenvalue weighted by molar-refractivity contribution is -0.137. The molecule has 1 saturated heterocycles. The van der Waals surface area contributed by atoms with Gasteiger partial charge in [0.2, 0.25) is 0 Å². The molecule has 0 saturated carbocycles. The molecule has 0 unspecified atom stereocenters. The molecule has 2 aromatic carbocycles. The third-order valence-corrected chi connectivity index (χ3v) is 4.82. The molecule has 0 bridgehead atoms. The number of hydrogen-bond acceptors (Lipinski definition) is 1. The van der Waals surface area contributed by atoms with Crippen LogP contribution < -0.4 is 0 Å². The Bertz CT molecular complexity index is 788. The number of hydrogen-bond donors (Lipinski definition) is 0. The molecular weight excluding hydrogens is 365 g/mol. The average molecular weight is 383 g/mol. The van der Waals surface area contributed by atoms with Gasteiger partial charge in [0.05, 0.1) is 5.56 Å². The number of carbonyl (C=O) groups excluding carboxylic acids is 1. The van der Waals surface area contributed by atoms with Crippen molar-refractivity contribution in [1.29, 1.82) is 0 Å². The molecule has 144 valence electrons. The van der Waals surface area contributed by atoms with E-state index in [1.807, 2.05) is 0 Å². The van der Waals surface area contributed by atoms with E-state index in [1.165, 1.54) is 12.1 Å². The van der Waals surface area contributed by atoms with E-state index in [1.54, 1.807) is 4.90 Å². The van der Waals surface area contributed by atoms with Gasteiger partial charge in [-0.3, -0.25) is 4.79 Å². The quantitative estimate of drug-likeness (QED) is 0.677. The molecule has 1 aliphatic heterocycles. The number of carbonyl (C=O) groups is 1. The summed E-state index contributed by atoms with van der Waals surface area (Å²) in [6, 6.07) is 7.86. The smallest absolute Gasteiger partial charge is 0.339 e. The van der Waals surface area contributed by atoms with Crippen molar-refractivity contribution in [2.45, 2.75) is 25.4 Å². The summed E-state index contributed by atoms with van der Waals surface area (Å²) in [6.45, 7) is 0.893. The van der Waals surface area contributed by atoms with Crippen LogP contribution in [0.2, 0.25) is 0 Å². The molecule has 0 aromatic heterocycles. The zero-order valence-corrected chi connectivity index (χ0v) is 14.4. The predicted molar refractivity (Wildman–Crippen MR) is 90.1 cm³/mol. The number of halogens is 5. The maximum Gasteiger partial charge on any atom is 0.416 e. The lowest BCUT2D eigenvalue weighted by Crippen LogP contribution is -2.39. The Morgan fingerprint density at radius 3 is 2.04 bits per heavy atom. The summed E-state index contributed by atoms with van der Waals surface area (Å²) in [4.78, 5) is 13.9. The van der Waals surface area contributed by atoms with Crippen LogP contribution in [0, 0.1) is 17.6 Å². The fraction of sp³-hybridized carbons (Fsp3) is 0.350. The molecule has 1 fully saturated rings. The van der Waals surface area contributed by atoms with Crippen molar-refractivity contribution in [2.24, 2.45) is 5.92 Å². The molecule has 0 radical (unpaired) electrons. The van der Waals surface area contributed by atoms with Crippen LogP contribution >= 0.6 is 0 Å². The maximum absolute atomic E-state index is 13.3. The summed E-state index contributed by atoms with van der Waals surface area (Å²) in [5.41, 5.74) is 0.127. The Balaban J connectivity index is 1.56. The van der Waals surface area contributed by atoms with Gasteiger partial charge < -0.3 is 4.90 Å². The van der Waals surface area contributed by atoms with Gasteiger partial charge in [0.25, 0.3) is 5.91 Å².